The maximum Gasteiger partial charge on any atom is 0.256 e. The third kappa shape index (κ3) is 2.79. The SMILES string of the molecule is O=C(Nc1ccccn1)c1ccc(N2CCCC2)cc1. The Morgan fingerprint density at radius 1 is 1.05 bits per heavy atom. The smallest absolute Gasteiger partial charge is 0.256 e. The van der Waals surface area contributed by atoms with Crippen molar-refractivity contribution in [2.45, 2.75) is 12.8 Å². The summed E-state index contributed by atoms with van der Waals surface area (Å²) in [5, 5.41) is 2.78. The first-order valence-corrected chi connectivity index (χ1v) is 6.90. The Labute approximate surface area is 118 Å². The molecule has 20 heavy (non-hydrogen) atoms. The Morgan fingerprint density at radius 3 is 2.45 bits per heavy atom. The van der Waals surface area contributed by atoms with Gasteiger partial charge in [0.25, 0.3) is 5.91 Å². The molecule has 1 aliphatic heterocycles. The number of rotatable bonds is 3. The largest absolute Gasteiger partial charge is 0.372 e. The average molecular weight is 267 g/mol. The van der Waals surface area contributed by atoms with Crippen LogP contribution in [0.3, 0.4) is 0 Å². The highest BCUT2D eigenvalue weighted by molar-refractivity contribution is 6.03. The average Bonchev–Trinajstić information content (AvgIpc) is 3.03. The highest BCUT2D eigenvalue weighted by Gasteiger charge is 2.13. The van der Waals surface area contributed by atoms with Gasteiger partial charge in [0.15, 0.2) is 0 Å². The zero-order valence-corrected chi connectivity index (χ0v) is 11.2. The lowest BCUT2D eigenvalue weighted by Crippen LogP contribution is -2.18. The molecule has 1 N–H and O–H groups in total. The van der Waals surface area contributed by atoms with Gasteiger partial charge in [0.1, 0.15) is 5.82 Å². The Hall–Kier alpha value is -2.36. The van der Waals surface area contributed by atoms with Crippen molar-refractivity contribution in [3.63, 3.8) is 0 Å². The minimum atomic E-state index is -0.128. The van der Waals surface area contributed by atoms with Crippen molar-refractivity contribution < 1.29 is 4.79 Å². The summed E-state index contributed by atoms with van der Waals surface area (Å²) in [5.41, 5.74) is 1.84. The summed E-state index contributed by atoms with van der Waals surface area (Å²) >= 11 is 0. The molecule has 0 aliphatic carbocycles. The van der Waals surface area contributed by atoms with Crippen molar-refractivity contribution in [1.29, 1.82) is 0 Å². The molecule has 4 heteroatoms. The lowest BCUT2D eigenvalue weighted by atomic mass is 10.2. The first-order valence-electron chi connectivity index (χ1n) is 6.90. The minimum Gasteiger partial charge on any atom is -0.372 e. The first kappa shape index (κ1) is 12.7. The van der Waals surface area contributed by atoms with E-state index in [0.717, 1.165) is 13.1 Å². The summed E-state index contributed by atoms with van der Waals surface area (Å²) in [5.74, 6) is 0.442. The van der Waals surface area contributed by atoms with Crippen molar-refractivity contribution in [2.75, 3.05) is 23.3 Å². The molecule has 1 aromatic heterocycles. The van der Waals surface area contributed by atoms with Crippen LogP contribution >= 0.6 is 0 Å². The molecule has 0 atom stereocenters. The second-order valence-electron chi connectivity index (χ2n) is 4.91. The number of hydrogen-bond acceptors (Lipinski definition) is 3. The molecule has 1 fully saturated rings. The number of amides is 1. The molecule has 2 aromatic rings. The van der Waals surface area contributed by atoms with Crippen LogP contribution in [-0.2, 0) is 0 Å². The van der Waals surface area contributed by atoms with Gasteiger partial charge in [0.05, 0.1) is 0 Å². The Bertz CT molecular complexity index is 574. The highest BCUT2D eigenvalue weighted by atomic mass is 16.1. The standard InChI is InChI=1S/C16H17N3O/c20-16(18-15-5-1-2-10-17-15)13-6-8-14(9-7-13)19-11-3-4-12-19/h1-2,5-10H,3-4,11-12H2,(H,17,18,20). The number of hydrogen-bond donors (Lipinski definition) is 1. The van der Waals surface area contributed by atoms with Crippen LogP contribution in [0.4, 0.5) is 11.5 Å². The molecular formula is C16H17N3O. The normalized spacial score (nSPS) is 14.3. The highest BCUT2D eigenvalue weighted by Crippen LogP contribution is 2.20. The van der Waals surface area contributed by atoms with E-state index in [4.69, 9.17) is 0 Å². The Kier molecular flexibility index (Phi) is 3.63. The van der Waals surface area contributed by atoms with Crippen LogP contribution in [-0.4, -0.2) is 24.0 Å². The molecule has 0 radical (unpaired) electrons. The maximum atomic E-state index is 12.1. The van der Waals surface area contributed by atoms with Crippen molar-refractivity contribution in [1.82, 2.24) is 4.98 Å². The molecule has 0 bridgehead atoms. The number of nitrogens with zero attached hydrogens (tertiary/aromatic N) is 2. The van der Waals surface area contributed by atoms with Gasteiger partial charge in [-0.3, -0.25) is 4.79 Å². The molecule has 1 amide bonds. The summed E-state index contributed by atoms with van der Waals surface area (Å²) in [6.07, 6.45) is 4.16. The lowest BCUT2D eigenvalue weighted by molar-refractivity contribution is 0.102. The van der Waals surface area contributed by atoms with Crippen LogP contribution in [0.15, 0.2) is 48.7 Å². The van der Waals surface area contributed by atoms with Gasteiger partial charge in [0, 0.05) is 30.5 Å². The van der Waals surface area contributed by atoms with Gasteiger partial charge in [-0.2, -0.15) is 0 Å². The van der Waals surface area contributed by atoms with Gasteiger partial charge < -0.3 is 10.2 Å². The van der Waals surface area contributed by atoms with Crippen LogP contribution in [0.2, 0.25) is 0 Å². The van der Waals surface area contributed by atoms with E-state index in [-0.39, 0.29) is 5.91 Å². The quantitative estimate of drug-likeness (QED) is 0.930. The van der Waals surface area contributed by atoms with Crippen LogP contribution in [0, 0.1) is 0 Å². The number of benzene rings is 1. The monoisotopic (exact) mass is 267 g/mol. The topological polar surface area (TPSA) is 45.2 Å². The van der Waals surface area contributed by atoms with Gasteiger partial charge in [0.2, 0.25) is 0 Å². The van der Waals surface area contributed by atoms with Crippen molar-refractivity contribution in [2.24, 2.45) is 0 Å². The molecule has 1 aliphatic rings. The Balaban J connectivity index is 1.69. The van der Waals surface area contributed by atoms with Crippen molar-refractivity contribution in [3.8, 4) is 0 Å². The van der Waals surface area contributed by atoms with E-state index in [1.54, 1.807) is 12.3 Å². The van der Waals surface area contributed by atoms with E-state index in [1.807, 2.05) is 36.4 Å². The summed E-state index contributed by atoms with van der Waals surface area (Å²) in [7, 11) is 0. The predicted octanol–water partition coefficient (Wildman–Crippen LogP) is 2.93. The zero-order valence-electron chi connectivity index (χ0n) is 11.2. The fourth-order valence-corrected chi connectivity index (χ4v) is 2.42. The minimum absolute atomic E-state index is 0.128. The van der Waals surface area contributed by atoms with Gasteiger partial charge in [-0.15, -0.1) is 0 Å². The van der Waals surface area contributed by atoms with Gasteiger partial charge in [-0.1, -0.05) is 6.07 Å². The zero-order chi connectivity index (χ0) is 13.8. The van der Waals surface area contributed by atoms with E-state index < -0.39 is 0 Å². The molecule has 0 spiro atoms. The number of carbonyl (C=O) groups excluding carboxylic acids is 1. The first-order chi connectivity index (χ1) is 9.83. The number of anilines is 2. The molecule has 102 valence electrons. The summed E-state index contributed by atoms with van der Waals surface area (Å²) < 4.78 is 0. The lowest BCUT2D eigenvalue weighted by Gasteiger charge is -2.17. The van der Waals surface area contributed by atoms with E-state index in [1.165, 1.54) is 18.5 Å². The van der Waals surface area contributed by atoms with E-state index in [9.17, 15) is 4.79 Å². The van der Waals surface area contributed by atoms with Gasteiger partial charge in [-0.25, -0.2) is 4.98 Å². The van der Waals surface area contributed by atoms with Gasteiger partial charge in [-0.05, 0) is 49.2 Å². The van der Waals surface area contributed by atoms with Crippen LogP contribution in [0.5, 0.6) is 0 Å². The summed E-state index contributed by atoms with van der Waals surface area (Å²) in [6.45, 7) is 2.22. The van der Waals surface area contributed by atoms with Gasteiger partial charge >= 0.3 is 0 Å². The number of carbonyl (C=O) groups is 1. The maximum absolute atomic E-state index is 12.1. The fourth-order valence-electron chi connectivity index (χ4n) is 2.42. The second kappa shape index (κ2) is 5.74. The van der Waals surface area contributed by atoms with Crippen molar-refractivity contribution in [3.05, 3.63) is 54.2 Å². The molecule has 0 saturated carbocycles. The fraction of sp³-hybridized carbons (Fsp3) is 0.250. The summed E-state index contributed by atoms with van der Waals surface area (Å²) in [6, 6.07) is 13.2. The molecule has 4 nitrogen and oxygen atoms in total. The van der Waals surface area contributed by atoms with Crippen LogP contribution < -0.4 is 10.2 Å². The van der Waals surface area contributed by atoms with E-state index in [0.29, 0.717) is 11.4 Å². The van der Waals surface area contributed by atoms with Crippen LogP contribution in [0.1, 0.15) is 23.2 Å². The number of nitrogens with one attached hydrogen (secondary N) is 1. The molecule has 1 saturated heterocycles. The second-order valence-corrected chi connectivity index (χ2v) is 4.91. The summed E-state index contributed by atoms with van der Waals surface area (Å²) in [4.78, 5) is 18.5. The third-order valence-corrected chi connectivity index (χ3v) is 3.51. The molecule has 2 heterocycles. The third-order valence-electron chi connectivity index (χ3n) is 3.51. The van der Waals surface area contributed by atoms with E-state index >= 15 is 0 Å². The molecule has 1 aromatic carbocycles. The molecule has 3 rings (SSSR count). The Morgan fingerprint density at radius 2 is 1.80 bits per heavy atom. The van der Waals surface area contributed by atoms with E-state index in [2.05, 4.69) is 15.2 Å². The molecular weight excluding hydrogens is 250 g/mol. The van der Waals surface area contributed by atoms with Crippen LogP contribution in [0.25, 0.3) is 0 Å². The molecule has 0 unspecified atom stereocenters. The number of pyridine rings is 1. The van der Waals surface area contributed by atoms with Crippen molar-refractivity contribution >= 4 is 17.4 Å². The predicted molar refractivity (Wildman–Crippen MR) is 80.1 cm³/mol. The number of aromatic nitrogens is 1.